The summed E-state index contributed by atoms with van der Waals surface area (Å²) in [6, 6.07) is 5.65. The number of halogens is 1. The molecule has 1 rings (SSSR count). The molecule has 1 aromatic carbocycles. The van der Waals surface area contributed by atoms with Gasteiger partial charge in [-0.15, -0.1) is 0 Å². The van der Waals surface area contributed by atoms with Crippen molar-refractivity contribution in [1.82, 2.24) is 0 Å². The SMILES string of the molecule is CCOC(C)=Nc1ccc(Cl)c(C)c1. The summed E-state index contributed by atoms with van der Waals surface area (Å²) in [5.41, 5.74) is 1.90. The molecule has 76 valence electrons. The fourth-order valence-corrected chi connectivity index (χ4v) is 1.24. The summed E-state index contributed by atoms with van der Waals surface area (Å²) in [5.74, 6) is 0.675. The third kappa shape index (κ3) is 3.04. The molecule has 0 atom stereocenters. The Kier molecular flexibility index (Phi) is 3.96. The van der Waals surface area contributed by atoms with E-state index >= 15 is 0 Å². The quantitative estimate of drug-likeness (QED) is 0.540. The van der Waals surface area contributed by atoms with Crippen LogP contribution in [-0.2, 0) is 4.74 Å². The van der Waals surface area contributed by atoms with Crippen LogP contribution in [0.1, 0.15) is 19.4 Å². The van der Waals surface area contributed by atoms with Crippen molar-refractivity contribution in [3.05, 3.63) is 28.8 Å². The van der Waals surface area contributed by atoms with Crippen molar-refractivity contribution in [3.8, 4) is 0 Å². The smallest absolute Gasteiger partial charge is 0.185 e. The van der Waals surface area contributed by atoms with Gasteiger partial charge in [-0.25, -0.2) is 4.99 Å². The minimum Gasteiger partial charge on any atom is -0.481 e. The van der Waals surface area contributed by atoms with E-state index in [1.54, 1.807) is 0 Å². The van der Waals surface area contributed by atoms with Crippen molar-refractivity contribution in [2.75, 3.05) is 6.61 Å². The summed E-state index contributed by atoms with van der Waals surface area (Å²) in [5, 5.41) is 0.762. The molecule has 0 heterocycles. The molecule has 0 radical (unpaired) electrons. The fraction of sp³-hybridized carbons (Fsp3) is 0.364. The molecule has 0 fully saturated rings. The Morgan fingerprint density at radius 1 is 1.50 bits per heavy atom. The van der Waals surface area contributed by atoms with E-state index in [2.05, 4.69) is 4.99 Å². The van der Waals surface area contributed by atoms with Crippen molar-refractivity contribution in [2.45, 2.75) is 20.8 Å². The van der Waals surface area contributed by atoms with E-state index in [0.717, 1.165) is 16.3 Å². The van der Waals surface area contributed by atoms with E-state index < -0.39 is 0 Å². The lowest BCUT2D eigenvalue weighted by molar-refractivity contribution is 0.325. The normalized spacial score (nSPS) is 11.6. The van der Waals surface area contributed by atoms with Gasteiger partial charge in [-0.3, -0.25) is 0 Å². The number of aliphatic imine (C=N–C) groups is 1. The monoisotopic (exact) mass is 211 g/mol. The van der Waals surface area contributed by atoms with Crippen LogP contribution in [-0.4, -0.2) is 12.5 Å². The Labute approximate surface area is 89.6 Å². The Bertz CT molecular complexity index is 347. The van der Waals surface area contributed by atoms with Crippen LogP contribution in [0.25, 0.3) is 0 Å². The van der Waals surface area contributed by atoms with Gasteiger partial charge in [-0.1, -0.05) is 11.6 Å². The molecule has 3 heteroatoms. The summed E-state index contributed by atoms with van der Waals surface area (Å²) in [4.78, 5) is 4.29. The maximum atomic E-state index is 5.90. The minimum absolute atomic E-state index is 0.641. The lowest BCUT2D eigenvalue weighted by Gasteiger charge is -2.02. The van der Waals surface area contributed by atoms with Gasteiger partial charge in [-0.2, -0.15) is 0 Å². The van der Waals surface area contributed by atoms with Gasteiger partial charge < -0.3 is 4.74 Å². The average molecular weight is 212 g/mol. The zero-order valence-corrected chi connectivity index (χ0v) is 9.43. The van der Waals surface area contributed by atoms with Gasteiger partial charge in [0.25, 0.3) is 0 Å². The number of rotatable bonds is 2. The molecule has 2 nitrogen and oxygen atoms in total. The highest BCUT2D eigenvalue weighted by Gasteiger charge is 1.97. The largest absolute Gasteiger partial charge is 0.481 e. The number of nitrogens with zero attached hydrogens (tertiary/aromatic N) is 1. The molecule has 0 N–H and O–H groups in total. The number of aryl methyl sites for hydroxylation is 1. The number of ether oxygens (including phenoxy) is 1. The summed E-state index contributed by atoms with van der Waals surface area (Å²) in [6.45, 7) is 6.37. The van der Waals surface area contributed by atoms with Crippen molar-refractivity contribution < 1.29 is 4.74 Å². The van der Waals surface area contributed by atoms with Crippen LogP contribution in [0.3, 0.4) is 0 Å². The van der Waals surface area contributed by atoms with Crippen LogP contribution in [0.5, 0.6) is 0 Å². The van der Waals surface area contributed by atoms with Gasteiger partial charge in [0.2, 0.25) is 0 Å². The second-order valence-corrected chi connectivity index (χ2v) is 3.40. The third-order valence-electron chi connectivity index (χ3n) is 1.78. The number of benzene rings is 1. The van der Waals surface area contributed by atoms with Crippen molar-refractivity contribution in [1.29, 1.82) is 0 Å². The van der Waals surface area contributed by atoms with Gasteiger partial charge >= 0.3 is 0 Å². The molecule has 0 unspecified atom stereocenters. The first-order valence-corrected chi connectivity index (χ1v) is 4.95. The van der Waals surface area contributed by atoms with E-state index in [-0.39, 0.29) is 0 Å². The third-order valence-corrected chi connectivity index (χ3v) is 2.21. The van der Waals surface area contributed by atoms with Crippen LogP contribution < -0.4 is 0 Å². The summed E-state index contributed by atoms with van der Waals surface area (Å²) < 4.78 is 5.23. The van der Waals surface area contributed by atoms with Gasteiger partial charge in [0.1, 0.15) is 0 Å². The fourth-order valence-electron chi connectivity index (χ4n) is 1.12. The highest BCUT2D eigenvalue weighted by atomic mass is 35.5. The second-order valence-electron chi connectivity index (χ2n) is 3.00. The van der Waals surface area contributed by atoms with Gasteiger partial charge in [0.15, 0.2) is 5.90 Å². The predicted molar refractivity (Wildman–Crippen MR) is 60.6 cm³/mol. The average Bonchev–Trinajstić information content (AvgIpc) is 2.12. The van der Waals surface area contributed by atoms with E-state index in [9.17, 15) is 0 Å². The molecule has 0 aliphatic rings. The Morgan fingerprint density at radius 3 is 2.79 bits per heavy atom. The second kappa shape index (κ2) is 5.01. The van der Waals surface area contributed by atoms with Crippen molar-refractivity contribution in [3.63, 3.8) is 0 Å². The van der Waals surface area contributed by atoms with Crippen LogP contribution in [0.4, 0.5) is 5.69 Å². The van der Waals surface area contributed by atoms with Gasteiger partial charge in [0.05, 0.1) is 12.3 Å². The van der Waals surface area contributed by atoms with Crippen molar-refractivity contribution >= 4 is 23.2 Å². The molecule has 14 heavy (non-hydrogen) atoms. The first-order valence-electron chi connectivity index (χ1n) is 4.57. The van der Waals surface area contributed by atoms with E-state index in [4.69, 9.17) is 16.3 Å². The van der Waals surface area contributed by atoms with Gasteiger partial charge in [0, 0.05) is 11.9 Å². The zero-order valence-electron chi connectivity index (χ0n) is 8.67. The lowest BCUT2D eigenvalue weighted by Crippen LogP contribution is -1.97. The number of hydrogen-bond acceptors (Lipinski definition) is 2. The molecule has 0 spiro atoms. The molecule has 0 aromatic heterocycles. The van der Waals surface area contributed by atoms with Gasteiger partial charge in [-0.05, 0) is 37.6 Å². The van der Waals surface area contributed by atoms with E-state index in [0.29, 0.717) is 12.5 Å². The number of hydrogen-bond donors (Lipinski definition) is 0. The zero-order chi connectivity index (χ0) is 10.6. The standard InChI is InChI=1S/C11H14ClNO/c1-4-14-9(3)13-10-5-6-11(12)8(2)7-10/h5-7H,4H2,1-3H3. The van der Waals surface area contributed by atoms with E-state index in [1.165, 1.54) is 0 Å². The lowest BCUT2D eigenvalue weighted by atomic mass is 10.2. The first-order chi connectivity index (χ1) is 6.63. The van der Waals surface area contributed by atoms with E-state index in [1.807, 2.05) is 39.0 Å². The maximum absolute atomic E-state index is 5.90. The molecule has 0 amide bonds. The molecule has 1 aromatic rings. The summed E-state index contributed by atoms with van der Waals surface area (Å²) in [7, 11) is 0. The van der Waals surface area contributed by atoms with Crippen LogP contribution in [0.15, 0.2) is 23.2 Å². The Balaban J connectivity index is 2.87. The molecule has 0 bridgehead atoms. The van der Waals surface area contributed by atoms with Crippen LogP contribution in [0, 0.1) is 6.92 Å². The molecular weight excluding hydrogens is 198 g/mol. The summed E-state index contributed by atoms with van der Waals surface area (Å²) >= 11 is 5.90. The highest BCUT2D eigenvalue weighted by molar-refractivity contribution is 6.31. The molecular formula is C11H14ClNO. The highest BCUT2D eigenvalue weighted by Crippen LogP contribution is 2.21. The Hall–Kier alpha value is -1.02. The molecule has 0 aliphatic carbocycles. The minimum atomic E-state index is 0.641. The Morgan fingerprint density at radius 2 is 2.21 bits per heavy atom. The summed E-state index contributed by atoms with van der Waals surface area (Å²) in [6.07, 6.45) is 0. The van der Waals surface area contributed by atoms with Crippen molar-refractivity contribution in [2.24, 2.45) is 4.99 Å². The molecule has 0 saturated carbocycles. The molecule has 0 saturated heterocycles. The first kappa shape index (κ1) is 11.1. The topological polar surface area (TPSA) is 21.6 Å². The predicted octanol–water partition coefficient (Wildman–Crippen LogP) is 3.73. The van der Waals surface area contributed by atoms with Crippen LogP contribution >= 0.6 is 11.6 Å². The maximum Gasteiger partial charge on any atom is 0.185 e. The molecule has 0 aliphatic heterocycles. The van der Waals surface area contributed by atoms with Crippen LogP contribution in [0.2, 0.25) is 5.02 Å².